The molecule has 1 unspecified atom stereocenters. The van der Waals surface area contributed by atoms with Crippen LogP contribution in [0.4, 0.5) is 5.82 Å². The predicted octanol–water partition coefficient (Wildman–Crippen LogP) is 1.27. The molecule has 1 aliphatic rings. The summed E-state index contributed by atoms with van der Waals surface area (Å²) in [6, 6.07) is 2.04. The first-order valence-electron chi connectivity index (χ1n) is 5.52. The molecule has 0 spiro atoms. The van der Waals surface area contributed by atoms with Gasteiger partial charge in [-0.05, 0) is 32.6 Å². The van der Waals surface area contributed by atoms with Crippen LogP contribution < -0.4 is 11.1 Å². The van der Waals surface area contributed by atoms with Gasteiger partial charge in [-0.25, -0.2) is 0 Å². The van der Waals surface area contributed by atoms with Crippen molar-refractivity contribution in [2.24, 2.45) is 18.7 Å². The summed E-state index contributed by atoms with van der Waals surface area (Å²) in [4.78, 5) is 0. The van der Waals surface area contributed by atoms with Crippen LogP contribution in [0.1, 0.15) is 25.5 Å². The van der Waals surface area contributed by atoms with Crippen LogP contribution in [0.5, 0.6) is 0 Å². The van der Waals surface area contributed by atoms with Gasteiger partial charge in [-0.2, -0.15) is 5.10 Å². The third-order valence-corrected chi connectivity index (χ3v) is 3.16. The summed E-state index contributed by atoms with van der Waals surface area (Å²) in [5, 5.41) is 7.66. The van der Waals surface area contributed by atoms with E-state index in [1.54, 1.807) is 0 Å². The Morgan fingerprint density at radius 1 is 1.67 bits per heavy atom. The summed E-state index contributed by atoms with van der Waals surface area (Å²) >= 11 is 0. The fourth-order valence-electron chi connectivity index (χ4n) is 1.94. The van der Waals surface area contributed by atoms with E-state index >= 15 is 0 Å². The zero-order valence-corrected chi connectivity index (χ0v) is 9.75. The van der Waals surface area contributed by atoms with Crippen LogP contribution in [0.2, 0.25) is 0 Å². The quantitative estimate of drug-likeness (QED) is 0.783. The maximum atomic E-state index is 6.23. The van der Waals surface area contributed by atoms with E-state index in [1.165, 1.54) is 12.8 Å². The van der Waals surface area contributed by atoms with Crippen LogP contribution in [-0.2, 0) is 7.05 Å². The number of hydrogen-bond donors (Lipinski definition) is 2. The number of rotatable bonds is 4. The van der Waals surface area contributed by atoms with Gasteiger partial charge < -0.3 is 11.1 Å². The molecule has 1 atom stereocenters. The van der Waals surface area contributed by atoms with Crippen molar-refractivity contribution in [2.75, 3.05) is 11.9 Å². The molecule has 4 nitrogen and oxygen atoms in total. The van der Waals surface area contributed by atoms with E-state index in [4.69, 9.17) is 5.73 Å². The molecule has 15 heavy (non-hydrogen) atoms. The average molecular weight is 208 g/mol. The van der Waals surface area contributed by atoms with Gasteiger partial charge in [0.15, 0.2) is 0 Å². The number of aromatic nitrogens is 2. The molecule has 1 aliphatic carbocycles. The molecule has 4 heteroatoms. The van der Waals surface area contributed by atoms with Crippen LogP contribution in [0.15, 0.2) is 6.07 Å². The summed E-state index contributed by atoms with van der Waals surface area (Å²) in [6.07, 6.45) is 2.55. The molecule has 1 fully saturated rings. The average Bonchev–Trinajstić information content (AvgIpc) is 2.91. The van der Waals surface area contributed by atoms with E-state index in [9.17, 15) is 0 Å². The Hall–Kier alpha value is -1.03. The summed E-state index contributed by atoms with van der Waals surface area (Å²) in [7, 11) is 1.94. The van der Waals surface area contributed by atoms with E-state index < -0.39 is 0 Å². The van der Waals surface area contributed by atoms with Gasteiger partial charge in [-0.15, -0.1) is 0 Å². The molecule has 1 saturated carbocycles. The van der Waals surface area contributed by atoms with Crippen molar-refractivity contribution in [2.45, 2.75) is 32.2 Å². The number of nitrogens with two attached hydrogens (primary N) is 1. The lowest BCUT2D eigenvalue weighted by Crippen LogP contribution is -2.45. The van der Waals surface area contributed by atoms with E-state index in [2.05, 4.69) is 17.3 Å². The molecule has 1 aromatic rings. The molecule has 0 amide bonds. The number of hydrogen-bond acceptors (Lipinski definition) is 3. The van der Waals surface area contributed by atoms with Gasteiger partial charge in [0.1, 0.15) is 5.82 Å². The highest BCUT2D eigenvalue weighted by Gasteiger charge is 2.38. The van der Waals surface area contributed by atoms with Crippen LogP contribution in [0, 0.1) is 12.8 Å². The molecule has 3 N–H and O–H groups in total. The van der Waals surface area contributed by atoms with E-state index in [0.29, 0.717) is 5.92 Å². The second-order valence-electron chi connectivity index (χ2n) is 4.93. The zero-order chi connectivity index (χ0) is 11.1. The second-order valence-corrected chi connectivity index (χ2v) is 4.93. The topological polar surface area (TPSA) is 55.9 Å². The Kier molecular flexibility index (Phi) is 2.46. The highest BCUT2D eigenvalue weighted by atomic mass is 15.3. The first-order valence-corrected chi connectivity index (χ1v) is 5.52. The summed E-state index contributed by atoms with van der Waals surface area (Å²) in [6.45, 7) is 4.94. The van der Waals surface area contributed by atoms with E-state index in [1.807, 2.05) is 24.7 Å². The van der Waals surface area contributed by atoms with Gasteiger partial charge in [0.25, 0.3) is 0 Å². The monoisotopic (exact) mass is 208 g/mol. The highest BCUT2D eigenvalue weighted by molar-refractivity contribution is 5.37. The van der Waals surface area contributed by atoms with Gasteiger partial charge in [-0.1, -0.05) is 0 Å². The number of aryl methyl sites for hydroxylation is 2. The lowest BCUT2D eigenvalue weighted by atomic mass is 9.97. The van der Waals surface area contributed by atoms with E-state index in [0.717, 1.165) is 18.1 Å². The Morgan fingerprint density at radius 3 is 2.80 bits per heavy atom. The largest absolute Gasteiger partial charge is 0.368 e. The van der Waals surface area contributed by atoms with Crippen LogP contribution in [0.25, 0.3) is 0 Å². The summed E-state index contributed by atoms with van der Waals surface area (Å²) < 4.78 is 1.86. The molecule has 0 aliphatic heterocycles. The van der Waals surface area contributed by atoms with Gasteiger partial charge in [0, 0.05) is 25.2 Å². The molecule has 84 valence electrons. The maximum absolute atomic E-state index is 6.23. The summed E-state index contributed by atoms with van der Waals surface area (Å²) in [5.41, 5.74) is 7.18. The normalized spacial score (nSPS) is 20.0. The standard InChI is InChI=1S/C11H20N4/c1-8-6-10(15(3)14-8)13-7-11(2,12)9-4-5-9/h6,9,13H,4-5,7,12H2,1-3H3. The Bertz CT molecular complexity index is 349. The third-order valence-electron chi connectivity index (χ3n) is 3.16. The molecule has 2 rings (SSSR count). The molecular formula is C11H20N4. The van der Waals surface area contributed by atoms with Crippen LogP contribution >= 0.6 is 0 Å². The van der Waals surface area contributed by atoms with Gasteiger partial charge in [0.2, 0.25) is 0 Å². The smallest absolute Gasteiger partial charge is 0.124 e. The van der Waals surface area contributed by atoms with Crippen molar-refractivity contribution in [1.82, 2.24) is 9.78 Å². The van der Waals surface area contributed by atoms with Crippen molar-refractivity contribution in [3.63, 3.8) is 0 Å². The Morgan fingerprint density at radius 2 is 2.33 bits per heavy atom. The molecule has 0 aromatic carbocycles. The second kappa shape index (κ2) is 3.52. The van der Waals surface area contributed by atoms with Crippen LogP contribution in [-0.4, -0.2) is 21.9 Å². The van der Waals surface area contributed by atoms with Crippen molar-refractivity contribution in [3.05, 3.63) is 11.8 Å². The minimum atomic E-state index is -0.0851. The van der Waals surface area contributed by atoms with Gasteiger partial charge >= 0.3 is 0 Å². The minimum absolute atomic E-state index is 0.0851. The van der Waals surface area contributed by atoms with Crippen molar-refractivity contribution in [3.8, 4) is 0 Å². The van der Waals surface area contributed by atoms with Crippen LogP contribution in [0.3, 0.4) is 0 Å². The van der Waals surface area contributed by atoms with Gasteiger partial charge in [-0.3, -0.25) is 4.68 Å². The molecule has 0 bridgehead atoms. The number of nitrogens with zero attached hydrogens (tertiary/aromatic N) is 2. The fraction of sp³-hybridized carbons (Fsp3) is 0.727. The first kappa shape index (κ1) is 10.5. The Balaban J connectivity index is 1.95. The summed E-state index contributed by atoms with van der Waals surface area (Å²) in [5.74, 6) is 1.74. The highest BCUT2D eigenvalue weighted by Crippen LogP contribution is 2.37. The van der Waals surface area contributed by atoms with Crippen molar-refractivity contribution >= 4 is 5.82 Å². The maximum Gasteiger partial charge on any atom is 0.124 e. The third kappa shape index (κ3) is 2.31. The molecular weight excluding hydrogens is 188 g/mol. The molecule has 0 saturated heterocycles. The fourth-order valence-corrected chi connectivity index (χ4v) is 1.94. The van der Waals surface area contributed by atoms with Crippen molar-refractivity contribution < 1.29 is 0 Å². The van der Waals surface area contributed by atoms with E-state index in [-0.39, 0.29) is 5.54 Å². The van der Waals surface area contributed by atoms with Crippen molar-refractivity contribution in [1.29, 1.82) is 0 Å². The Labute approximate surface area is 90.8 Å². The predicted molar refractivity (Wildman–Crippen MR) is 61.8 cm³/mol. The first-order chi connectivity index (χ1) is 6.99. The lowest BCUT2D eigenvalue weighted by Gasteiger charge is -2.25. The number of anilines is 1. The molecule has 0 radical (unpaired) electrons. The lowest BCUT2D eigenvalue weighted by molar-refractivity contribution is 0.430. The van der Waals surface area contributed by atoms with Gasteiger partial charge in [0.05, 0.1) is 5.69 Å². The zero-order valence-electron chi connectivity index (χ0n) is 9.75. The molecule has 1 heterocycles. The molecule has 1 aromatic heterocycles. The minimum Gasteiger partial charge on any atom is -0.368 e. The SMILES string of the molecule is Cc1cc(NCC(C)(N)C2CC2)n(C)n1. The number of nitrogens with one attached hydrogen (secondary N) is 1.